The first-order valence-corrected chi connectivity index (χ1v) is 6.19. The first-order valence-electron chi connectivity index (χ1n) is 6.19. The van der Waals surface area contributed by atoms with E-state index in [0.29, 0.717) is 12.3 Å². The highest BCUT2D eigenvalue weighted by molar-refractivity contribution is 5.28. The van der Waals surface area contributed by atoms with Gasteiger partial charge in [-0.3, -0.25) is 0 Å². The minimum Gasteiger partial charge on any atom is -0.467 e. The molecule has 2 rings (SSSR count). The van der Waals surface area contributed by atoms with Gasteiger partial charge in [-0.2, -0.15) is 0 Å². The molecule has 3 nitrogen and oxygen atoms in total. The zero-order valence-electron chi connectivity index (χ0n) is 10.8. The molecule has 0 aliphatic rings. The Morgan fingerprint density at radius 2 is 2.00 bits per heavy atom. The lowest BCUT2D eigenvalue weighted by atomic mass is 10.0. The molecule has 0 aliphatic heterocycles. The normalized spacial score (nSPS) is 14.4. The van der Waals surface area contributed by atoms with Crippen molar-refractivity contribution in [2.45, 2.75) is 26.0 Å². The lowest BCUT2D eigenvalue weighted by Crippen LogP contribution is -2.25. The van der Waals surface area contributed by atoms with Crippen molar-refractivity contribution in [1.82, 2.24) is 5.32 Å². The number of furan rings is 1. The number of aliphatic hydroxyl groups is 1. The van der Waals surface area contributed by atoms with E-state index in [9.17, 15) is 5.11 Å². The molecule has 0 aliphatic carbocycles. The maximum Gasteiger partial charge on any atom is 0.133 e. The summed E-state index contributed by atoms with van der Waals surface area (Å²) in [5.74, 6) is 0.597. The van der Waals surface area contributed by atoms with Crippen molar-refractivity contribution < 1.29 is 9.52 Å². The van der Waals surface area contributed by atoms with Crippen LogP contribution in [0.4, 0.5) is 0 Å². The van der Waals surface area contributed by atoms with Gasteiger partial charge >= 0.3 is 0 Å². The maximum atomic E-state index is 9.92. The number of rotatable bonds is 5. The monoisotopic (exact) mass is 245 g/mol. The topological polar surface area (TPSA) is 45.4 Å². The second-order valence-corrected chi connectivity index (χ2v) is 4.52. The standard InChI is InChI=1S/C15H19NO2/c1-11-6-3-4-7-13(11)12(2)16-10-14(17)15-8-5-9-18-15/h3-9,12,14,16-17H,10H2,1-2H3/t12-,14?/m0/s1. The summed E-state index contributed by atoms with van der Waals surface area (Å²) in [4.78, 5) is 0. The number of aryl methyl sites for hydroxylation is 1. The fourth-order valence-corrected chi connectivity index (χ4v) is 2.05. The molecule has 0 amide bonds. The lowest BCUT2D eigenvalue weighted by Gasteiger charge is -2.18. The number of aliphatic hydroxyl groups excluding tert-OH is 1. The predicted molar refractivity (Wildman–Crippen MR) is 71.3 cm³/mol. The minimum atomic E-state index is -0.605. The third-order valence-electron chi connectivity index (χ3n) is 3.14. The van der Waals surface area contributed by atoms with Gasteiger partial charge in [0.1, 0.15) is 11.9 Å². The number of benzene rings is 1. The summed E-state index contributed by atoms with van der Waals surface area (Å²) in [7, 11) is 0. The van der Waals surface area contributed by atoms with E-state index in [0.717, 1.165) is 0 Å². The van der Waals surface area contributed by atoms with Crippen LogP contribution in [-0.4, -0.2) is 11.7 Å². The predicted octanol–water partition coefficient (Wildman–Crippen LogP) is 2.97. The van der Waals surface area contributed by atoms with Crippen molar-refractivity contribution in [3.8, 4) is 0 Å². The van der Waals surface area contributed by atoms with Gasteiger partial charge in [0.15, 0.2) is 0 Å². The molecule has 1 unspecified atom stereocenters. The highest BCUT2D eigenvalue weighted by Crippen LogP contribution is 2.18. The van der Waals surface area contributed by atoms with Crippen molar-refractivity contribution in [2.24, 2.45) is 0 Å². The summed E-state index contributed by atoms with van der Waals surface area (Å²) in [5.41, 5.74) is 2.51. The summed E-state index contributed by atoms with van der Waals surface area (Å²) >= 11 is 0. The molecule has 2 atom stereocenters. The van der Waals surface area contributed by atoms with E-state index in [-0.39, 0.29) is 6.04 Å². The molecule has 0 spiro atoms. The fourth-order valence-electron chi connectivity index (χ4n) is 2.05. The quantitative estimate of drug-likeness (QED) is 0.851. The molecule has 2 aromatic rings. The first-order chi connectivity index (χ1) is 8.68. The van der Waals surface area contributed by atoms with Crippen LogP contribution < -0.4 is 5.32 Å². The molecule has 1 aromatic carbocycles. The van der Waals surface area contributed by atoms with Crippen molar-refractivity contribution >= 4 is 0 Å². The van der Waals surface area contributed by atoms with E-state index in [2.05, 4.69) is 31.3 Å². The van der Waals surface area contributed by atoms with Gasteiger partial charge in [0.25, 0.3) is 0 Å². The van der Waals surface area contributed by atoms with E-state index in [4.69, 9.17) is 4.42 Å². The summed E-state index contributed by atoms with van der Waals surface area (Å²) in [6.07, 6.45) is 0.968. The van der Waals surface area contributed by atoms with Crippen molar-refractivity contribution in [3.63, 3.8) is 0 Å². The third-order valence-corrected chi connectivity index (χ3v) is 3.14. The molecule has 0 bridgehead atoms. The van der Waals surface area contributed by atoms with Gasteiger partial charge in [-0.1, -0.05) is 24.3 Å². The third kappa shape index (κ3) is 3.00. The molecule has 1 aromatic heterocycles. The Labute approximate surface area is 107 Å². The minimum absolute atomic E-state index is 0.204. The first kappa shape index (κ1) is 12.9. The Balaban J connectivity index is 1.93. The van der Waals surface area contributed by atoms with E-state index in [1.165, 1.54) is 11.1 Å². The van der Waals surface area contributed by atoms with Crippen LogP contribution in [-0.2, 0) is 0 Å². The van der Waals surface area contributed by atoms with Crippen LogP contribution >= 0.6 is 0 Å². The van der Waals surface area contributed by atoms with Crippen LogP contribution in [0.2, 0.25) is 0 Å². The molecular formula is C15H19NO2. The van der Waals surface area contributed by atoms with Gasteiger partial charge in [0.2, 0.25) is 0 Å². The molecule has 3 heteroatoms. The number of hydrogen-bond acceptors (Lipinski definition) is 3. The molecule has 0 radical (unpaired) electrons. The van der Waals surface area contributed by atoms with Crippen LogP contribution in [0.5, 0.6) is 0 Å². The smallest absolute Gasteiger partial charge is 0.133 e. The Morgan fingerprint density at radius 1 is 1.22 bits per heavy atom. The van der Waals surface area contributed by atoms with Gasteiger partial charge < -0.3 is 14.8 Å². The van der Waals surface area contributed by atoms with E-state index in [1.54, 1.807) is 18.4 Å². The Hall–Kier alpha value is -1.58. The molecule has 96 valence electrons. The van der Waals surface area contributed by atoms with Crippen LogP contribution in [0.25, 0.3) is 0 Å². The summed E-state index contributed by atoms with van der Waals surface area (Å²) in [6, 6.07) is 12.0. The molecule has 2 N–H and O–H groups in total. The van der Waals surface area contributed by atoms with Crippen LogP contribution in [0.3, 0.4) is 0 Å². The van der Waals surface area contributed by atoms with Crippen LogP contribution in [0.15, 0.2) is 47.1 Å². The van der Waals surface area contributed by atoms with Crippen molar-refractivity contribution in [1.29, 1.82) is 0 Å². The van der Waals surface area contributed by atoms with Gasteiger partial charge in [-0.15, -0.1) is 0 Å². The van der Waals surface area contributed by atoms with Gasteiger partial charge in [0, 0.05) is 12.6 Å². The number of hydrogen-bond donors (Lipinski definition) is 2. The maximum absolute atomic E-state index is 9.92. The molecule has 18 heavy (non-hydrogen) atoms. The van der Waals surface area contributed by atoms with Gasteiger partial charge in [-0.25, -0.2) is 0 Å². The second kappa shape index (κ2) is 5.85. The second-order valence-electron chi connectivity index (χ2n) is 4.52. The Kier molecular flexibility index (Phi) is 4.18. The van der Waals surface area contributed by atoms with E-state index < -0.39 is 6.10 Å². The largest absolute Gasteiger partial charge is 0.467 e. The molecule has 1 heterocycles. The summed E-state index contributed by atoms with van der Waals surface area (Å²) in [6.45, 7) is 4.66. The SMILES string of the molecule is Cc1ccccc1[C@H](C)NCC(O)c1ccco1. The Morgan fingerprint density at radius 3 is 2.67 bits per heavy atom. The highest BCUT2D eigenvalue weighted by atomic mass is 16.4. The summed E-state index contributed by atoms with van der Waals surface area (Å²) < 4.78 is 5.17. The zero-order chi connectivity index (χ0) is 13.0. The van der Waals surface area contributed by atoms with E-state index in [1.807, 2.05) is 12.1 Å². The number of nitrogens with one attached hydrogen (secondary N) is 1. The fraction of sp³-hybridized carbons (Fsp3) is 0.333. The molecule has 0 saturated heterocycles. The van der Waals surface area contributed by atoms with Gasteiger partial charge in [-0.05, 0) is 37.1 Å². The lowest BCUT2D eigenvalue weighted by molar-refractivity contribution is 0.144. The van der Waals surface area contributed by atoms with Crippen LogP contribution in [0, 0.1) is 6.92 Å². The summed E-state index contributed by atoms with van der Waals surface area (Å²) in [5, 5.41) is 13.2. The molecule has 0 saturated carbocycles. The average molecular weight is 245 g/mol. The molecule has 0 fully saturated rings. The van der Waals surface area contributed by atoms with Crippen molar-refractivity contribution in [2.75, 3.05) is 6.54 Å². The van der Waals surface area contributed by atoms with Gasteiger partial charge in [0.05, 0.1) is 6.26 Å². The molecular weight excluding hydrogens is 226 g/mol. The Bertz CT molecular complexity index is 479. The highest BCUT2D eigenvalue weighted by Gasteiger charge is 2.13. The average Bonchev–Trinajstić information content (AvgIpc) is 2.90. The van der Waals surface area contributed by atoms with Crippen LogP contribution in [0.1, 0.15) is 36.0 Å². The van der Waals surface area contributed by atoms with Crippen molar-refractivity contribution in [3.05, 3.63) is 59.5 Å². The zero-order valence-corrected chi connectivity index (χ0v) is 10.8. The van der Waals surface area contributed by atoms with E-state index >= 15 is 0 Å².